The molecule has 1 unspecified atom stereocenters. The molecule has 0 saturated heterocycles. The van der Waals surface area contributed by atoms with E-state index in [-0.39, 0.29) is 17.4 Å². The monoisotopic (exact) mass is 266 g/mol. The number of hydrogen-bond donors (Lipinski definition) is 2. The molecule has 0 heterocycles. The van der Waals surface area contributed by atoms with Gasteiger partial charge in [-0.1, -0.05) is 25.4 Å². The van der Waals surface area contributed by atoms with E-state index < -0.39 is 0 Å². The number of benzene rings is 1. The SMILES string of the molecule is CCNc1ccc(Cl)cc1C(=O)NC1CC1(C)C. The summed E-state index contributed by atoms with van der Waals surface area (Å²) >= 11 is 5.96. The summed E-state index contributed by atoms with van der Waals surface area (Å²) in [6, 6.07) is 5.62. The van der Waals surface area contributed by atoms with Gasteiger partial charge in [0.2, 0.25) is 0 Å². The Morgan fingerprint density at radius 1 is 1.50 bits per heavy atom. The van der Waals surface area contributed by atoms with Crippen LogP contribution in [-0.4, -0.2) is 18.5 Å². The van der Waals surface area contributed by atoms with Crippen LogP contribution in [-0.2, 0) is 0 Å². The second kappa shape index (κ2) is 4.81. The van der Waals surface area contributed by atoms with Crippen LogP contribution in [0.15, 0.2) is 18.2 Å². The number of anilines is 1. The topological polar surface area (TPSA) is 41.1 Å². The van der Waals surface area contributed by atoms with Gasteiger partial charge in [-0.25, -0.2) is 0 Å². The Bertz CT molecular complexity index is 471. The van der Waals surface area contributed by atoms with Gasteiger partial charge >= 0.3 is 0 Å². The van der Waals surface area contributed by atoms with Crippen molar-refractivity contribution in [2.24, 2.45) is 5.41 Å². The first kappa shape index (κ1) is 13.2. The van der Waals surface area contributed by atoms with Gasteiger partial charge < -0.3 is 10.6 Å². The fourth-order valence-electron chi connectivity index (χ4n) is 2.00. The number of halogens is 1. The minimum absolute atomic E-state index is 0.0518. The molecule has 0 spiro atoms. The van der Waals surface area contributed by atoms with Crippen molar-refractivity contribution in [2.75, 3.05) is 11.9 Å². The van der Waals surface area contributed by atoms with Crippen molar-refractivity contribution >= 4 is 23.2 Å². The van der Waals surface area contributed by atoms with E-state index in [0.717, 1.165) is 18.7 Å². The van der Waals surface area contributed by atoms with Gasteiger partial charge in [0, 0.05) is 23.3 Å². The zero-order chi connectivity index (χ0) is 13.3. The van der Waals surface area contributed by atoms with Crippen molar-refractivity contribution in [3.63, 3.8) is 0 Å². The molecule has 0 bridgehead atoms. The highest BCUT2D eigenvalue weighted by Gasteiger charge is 2.46. The number of rotatable bonds is 4. The average molecular weight is 267 g/mol. The fourth-order valence-corrected chi connectivity index (χ4v) is 2.17. The maximum absolute atomic E-state index is 12.2. The molecule has 3 nitrogen and oxygen atoms in total. The molecule has 2 N–H and O–H groups in total. The van der Waals surface area contributed by atoms with Crippen LogP contribution >= 0.6 is 11.6 Å². The molecule has 18 heavy (non-hydrogen) atoms. The molecule has 1 saturated carbocycles. The lowest BCUT2D eigenvalue weighted by molar-refractivity contribution is 0.0947. The summed E-state index contributed by atoms with van der Waals surface area (Å²) in [5.41, 5.74) is 1.68. The summed E-state index contributed by atoms with van der Waals surface area (Å²) in [4.78, 5) is 12.2. The van der Waals surface area contributed by atoms with Crippen molar-refractivity contribution < 1.29 is 4.79 Å². The quantitative estimate of drug-likeness (QED) is 0.878. The molecule has 0 aliphatic heterocycles. The Hall–Kier alpha value is -1.22. The molecule has 1 aromatic rings. The first-order valence-electron chi connectivity index (χ1n) is 6.28. The Morgan fingerprint density at radius 3 is 2.72 bits per heavy atom. The Labute approximate surface area is 113 Å². The van der Waals surface area contributed by atoms with Crippen molar-refractivity contribution in [2.45, 2.75) is 33.2 Å². The highest BCUT2D eigenvalue weighted by atomic mass is 35.5. The standard InChI is InChI=1S/C14H19ClN2O/c1-4-16-11-6-5-9(15)7-10(11)13(18)17-12-8-14(12,2)3/h5-7,12,16H,4,8H2,1-3H3,(H,17,18). The molecular weight excluding hydrogens is 248 g/mol. The second-order valence-corrected chi connectivity index (χ2v) is 5.88. The first-order chi connectivity index (χ1) is 8.44. The van der Waals surface area contributed by atoms with E-state index >= 15 is 0 Å². The summed E-state index contributed by atoms with van der Waals surface area (Å²) in [5.74, 6) is -0.0518. The lowest BCUT2D eigenvalue weighted by Crippen LogP contribution is -2.29. The smallest absolute Gasteiger partial charge is 0.253 e. The average Bonchev–Trinajstić information content (AvgIpc) is 2.88. The molecular formula is C14H19ClN2O. The third-order valence-electron chi connectivity index (χ3n) is 3.41. The van der Waals surface area contributed by atoms with E-state index in [4.69, 9.17) is 11.6 Å². The molecule has 1 atom stereocenters. The Morgan fingerprint density at radius 2 is 2.17 bits per heavy atom. The molecule has 1 aliphatic rings. The van der Waals surface area contributed by atoms with Gasteiger partial charge in [0.1, 0.15) is 0 Å². The Kier molecular flexibility index (Phi) is 3.53. The number of amides is 1. The van der Waals surface area contributed by atoms with Crippen molar-refractivity contribution in [3.8, 4) is 0 Å². The van der Waals surface area contributed by atoms with Crippen LogP contribution in [0.25, 0.3) is 0 Å². The van der Waals surface area contributed by atoms with Gasteiger partial charge in [0.05, 0.1) is 5.56 Å². The molecule has 98 valence electrons. The minimum Gasteiger partial charge on any atom is -0.385 e. The van der Waals surface area contributed by atoms with Gasteiger partial charge in [-0.15, -0.1) is 0 Å². The fraction of sp³-hybridized carbons (Fsp3) is 0.500. The predicted octanol–water partition coefficient (Wildman–Crippen LogP) is 3.30. The van der Waals surface area contributed by atoms with E-state index in [1.807, 2.05) is 13.0 Å². The van der Waals surface area contributed by atoms with Crippen LogP contribution in [0.2, 0.25) is 5.02 Å². The second-order valence-electron chi connectivity index (χ2n) is 5.44. The summed E-state index contributed by atoms with van der Waals surface area (Å²) in [6.07, 6.45) is 1.04. The third kappa shape index (κ3) is 2.78. The molecule has 0 radical (unpaired) electrons. The van der Waals surface area contributed by atoms with Gasteiger partial charge in [-0.05, 0) is 37.0 Å². The lowest BCUT2D eigenvalue weighted by Gasteiger charge is -2.12. The largest absolute Gasteiger partial charge is 0.385 e. The van der Waals surface area contributed by atoms with E-state index in [0.29, 0.717) is 10.6 Å². The lowest BCUT2D eigenvalue weighted by atomic mass is 10.1. The number of hydrogen-bond acceptors (Lipinski definition) is 2. The van der Waals surface area contributed by atoms with Crippen molar-refractivity contribution in [1.82, 2.24) is 5.32 Å². The predicted molar refractivity (Wildman–Crippen MR) is 75.3 cm³/mol. The molecule has 0 aromatic heterocycles. The van der Waals surface area contributed by atoms with E-state index in [2.05, 4.69) is 24.5 Å². The Balaban J connectivity index is 2.15. The normalized spacial score (nSPS) is 20.3. The molecule has 4 heteroatoms. The van der Waals surface area contributed by atoms with E-state index in [1.54, 1.807) is 12.1 Å². The number of carbonyl (C=O) groups excluding carboxylic acids is 1. The summed E-state index contributed by atoms with van der Waals surface area (Å²) < 4.78 is 0. The maximum atomic E-state index is 12.2. The van der Waals surface area contributed by atoms with Crippen molar-refractivity contribution in [3.05, 3.63) is 28.8 Å². The van der Waals surface area contributed by atoms with Crippen molar-refractivity contribution in [1.29, 1.82) is 0 Å². The third-order valence-corrected chi connectivity index (χ3v) is 3.65. The molecule has 1 amide bonds. The summed E-state index contributed by atoms with van der Waals surface area (Å²) in [7, 11) is 0. The highest BCUT2D eigenvalue weighted by molar-refractivity contribution is 6.31. The van der Waals surface area contributed by atoms with Crippen LogP contribution in [0.4, 0.5) is 5.69 Å². The van der Waals surface area contributed by atoms with Gasteiger partial charge in [-0.2, -0.15) is 0 Å². The van der Waals surface area contributed by atoms with Crippen LogP contribution in [0.3, 0.4) is 0 Å². The van der Waals surface area contributed by atoms with Crippen LogP contribution in [0, 0.1) is 5.41 Å². The molecule has 1 aromatic carbocycles. The van der Waals surface area contributed by atoms with Crippen LogP contribution in [0.5, 0.6) is 0 Å². The van der Waals surface area contributed by atoms with Gasteiger partial charge in [0.25, 0.3) is 5.91 Å². The zero-order valence-corrected chi connectivity index (χ0v) is 11.8. The van der Waals surface area contributed by atoms with E-state index in [1.165, 1.54) is 0 Å². The number of carbonyl (C=O) groups is 1. The number of nitrogens with one attached hydrogen (secondary N) is 2. The van der Waals surface area contributed by atoms with Crippen LogP contribution in [0.1, 0.15) is 37.6 Å². The minimum atomic E-state index is -0.0518. The maximum Gasteiger partial charge on any atom is 0.253 e. The van der Waals surface area contributed by atoms with Gasteiger partial charge in [-0.3, -0.25) is 4.79 Å². The summed E-state index contributed by atoms with van der Waals surface area (Å²) in [5, 5.41) is 6.81. The molecule has 1 aliphatic carbocycles. The van der Waals surface area contributed by atoms with Crippen LogP contribution < -0.4 is 10.6 Å². The highest BCUT2D eigenvalue weighted by Crippen LogP contribution is 2.44. The summed E-state index contributed by atoms with van der Waals surface area (Å²) in [6.45, 7) is 7.08. The zero-order valence-electron chi connectivity index (χ0n) is 11.0. The first-order valence-corrected chi connectivity index (χ1v) is 6.66. The molecule has 2 rings (SSSR count). The molecule has 1 fully saturated rings. The van der Waals surface area contributed by atoms with Gasteiger partial charge in [0.15, 0.2) is 0 Å². The van der Waals surface area contributed by atoms with E-state index in [9.17, 15) is 4.79 Å².